The molecule has 4 nitrogen and oxygen atoms in total. The van der Waals surface area contributed by atoms with Gasteiger partial charge in [-0.1, -0.05) is 0 Å². The number of methoxy groups -OCH3 is 2. The summed E-state index contributed by atoms with van der Waals surface area (Å²) in [5.74, 6) is 1.31. The average Bonchev–Trinajstić information content (AvgIpc) is 3.11. The molecule has 0 aliphatic carbocycles. The minimum atomic E-state index is -0.276. The third kappa shape index (κ3) is 3.59. The Balaban J connectivity index is 1.90. The van der Waals surface area contributed by atoms with E-state index in [-0.39, 0.29) is 11.9 Å². The van der Waals surface area contributed by atoms with Gasteiger partial charge in [-0.3, -0.25) is 4.90 Å². The number of ether oxygens (including phenoxy) is 2. The molecular weight excluding hydrogens is 319 g/mol. The minimum absolute atomic E-state index is 0.134. The monoisotopic (exact) mass is 340 g/mol. The number of halogens is 1. The highest BCUT2D eigenvalue weighted by molar-refractivity contribution is 5.43. The van der Waals surface area contributed by atoms with Crippen LogP contribution in [0.5, 0.6) is 11.5 Å². The fraction of sp³-hybridized carbons (Fsp3) is 0.350. The number of nitrogens with zero attached hydrogens (tertiary/aromatic N) is 2. The third-order valence-corrected chi connectivity index (χ3v) is 4.71. The molecule has 0 amide bonds. The predicted molar refractivity (Wildman–Crippen MR) is 93.0 cm³/mol. The fourth-order valence-electron chi connectivity index (χ4n) is 3.45. The maximum atomic E-state index is 14.2. The van der Waals surface area contributed by atoms with Crippen LogP contribution in [0.2, 0.25) is 0 Å². The number of benzene rings is 2. The molecule has 5 heteroatoms. The first-order valence-corrected chi connectivity index (χ1v) is 8.30. The Labute approximate surface area is 147 Å². The van der Waals surface area contributed by atoms with E-state index in [2.05, 4.69) is 11.0 Å². The smallest absolute Gasteiger partial charge is 0.127 e. The van der Waals surface area contributed by atoms with E-state index < -0.39 is 0 Å². The number of hydrogen-bond acceptors (Lipinski definition) is 4. The summed E-state index contributed by atoms with van der Waals surface area (Å²) >= 11 is 0. The molecule has 0 N–H and O–H groups in total. The molecule has 2 aromatic carbocycles. The second-order valence-corrected chi connectivity index (χ2v) is 6.15. The van der Waals surface area contributed by atoms with E-state index in [0.29, 0.717) is 17.7 Å². The molecule has 1 aliphatic heterocycles. The van der Waals surface area contributed by atoms with E-state index in [4.69, 9.17) is 14.7 Å². The van der Waals surface area contributed by atoms with Gasteiger partial charge in [0.2, 0.25) is 0 Å². The summed E-state index contributed by atoms with van der Waals surface area (Å²) in [5.41, 5.74) is 2.08. The Bertz CT molecular complexity index is 801. The van der Waals surface area contributed by atoms with Crippen molar-refractivity contribution in [1.29, 1.82) is 5.26 Å². The Hall–Kier alpha value is -2.58. The largest absolute Gasteiger partial charge is 0.497 e. The van der Waals surface area contributed by atoms with E-state index >= 15 is 0 Å². The summed E-state index contributed by atoms with van der Waals surface area (Å²) in [6.45, 7) is 1.34. The van der Waals surface area contributed by atoms with Crippen LogP contribution in [0.1, 0.15) is 35.6 Å². The van der Waals surface area contributed by atoms with Crippen molar-refractivity contribution in [3.63, 3.8) is 0 Å². The lowest BCUT2D eigenvalue weighted by Gasteiger charge is -2.26. The topological polar surface area (TPSA) is 45.5 Å². The Morgan fingerprint density at radius 3 is 2.76 bits per heavy atom. The van der Waals surface area contributed by atoms with Crippen molar-refractivity contribution in [3.8, 4) is 17.6 Å². The molecule has 1 saturated heterocycles. The number of hydrogen-bond donors (Lipinski definition) is 0. The molecule has 0 bridgehead atoms. The first-order chi connectivity index (χ1) is 12.2. The lowest BCUT2D eigenvalue weighted by atomic mass is 10.0. The van der Waals surface area contributed by atoms with Gasteiger partial charge in [0.1, 0.15) is 17.3 Å². The lowest BCUT2D eigenvalue weighted by molar-refractivity contribution is 0.239. The molecule has 1 heterocycles. The molecule has 0 unspecified atom stereocenters. The Kier molecular flexibility index (Phi) is 5.20. The maximum absolute atomic E-state index is 14.2. The van der Waals surface area contributed by atoms with E-state index in [1.54, 1.807) is 20.3 Å². The lowest BCUT2D eigenvalue weighted by Crippen LogP contribution is -2.23. The first kappa shape index (κ1) is 17.2. The molecule has 130 valence electrons. The van der Waals surface area contributed by atoms with E-state index in [1.807, 2.05) is 18.2 Å². The van der Waals surface area contributed by atoms with E-state index in [9.17, 15) is 4.39 Å². The van der Waals surface area contributed by atoms with Gasteiger partial charge in [0.05, 0.1) is 25.9 Å². The van der Waals surface area contributed by atoms with Gasteiger partial charge in [0, 0.05) is 23.7 Å². The van der Waals surface area contributed by atoms with E-state index in [0.717, 1.165) is 36.4 Å². The molecular formula is C20H21FN2O2. The van der Waals surface area contributed by atoms with Crippen molar-refractivity contribution in [2.45, 2.75) is 25.4 Å². The Morgan fingerprint density at radius 1 is 1.20 bits per heavy atom. The molecule has 25 heavy (non-hydrogen) atoms. The summed E-state index contributed by atoms with van der Waals surface area (Å²) in [6, 6.07) is 12.5. The summed E-state index contributed by atoms with van der Waals surface area (Å²) in [4.78, 5) is 2.23. The van der Waals surface area contributed by atoms with Gasteiger partial charge in [0.15, 0.2) is 0 Å². The van der Waals surface area contributed by atoms with Crippen molar-refractivity contribution >= 4 is 0 Å². The third-order valence-electron chi connectivity index (χ3n) is 4.71. The van der Waals surface area contributed by atoms with Crippen molar-refractivity contribution < 1.29 is 13.9 Å². The summed E-state index contributed by atoms with van der Waals surface area (Å²) < 4.78 is 25.0. The molecule has 1 atom stereocenters. The van der Waals surface area contributed by atoms with Gasteiger partial charge >= 0.3 is 0 Å². The van der Waals surface area contributed by atoms with Crippen LogP contribution in [0.15, 0.2) is 36.4 Å². The van der Waals surface area contributed by atoms with Gasteiger partial charge < -0.3 is 9.47 Å². The van der Waals surface area contributed by atoms with Crippen molar-refractivity contribution in [1.82, 2.24) is 4.90 Å². The predicted octanol–water partition coefficient (Wildman–Crippen LogP) is 4.05. The standard InChI is InChI=1S/C20H21FN2O2/c1-24-16-6-8-20(25-2)17(11-16)19-4-3-9-23(19)13-15-10-14(12-22)5-7-18(15)21/h5-8,10-11,19H,3-4,9,13H2,1-2H3/t19-/m0/s1. The summed E-state index contributed by atoms with van der Waals surface area (Å²) in [5, 5.41) is 9.05. The van der Waals surface area contributed by atoms with Gasteiger partial charge in [-0.15, -0.1) is 0 Å². The van der Waals surface area contributed by atoms with Crippen LogP contribution in [0.4, 0.5) is 4.39 Å². The van der Waals surface area contributed by atoms with Gasteiger partial charge in [0.25, 0.3) is 0 Å². The van der Waals surface area contributed by atoms with Crippen LogP contribution in [0.3, 0.4) is 0 Å². The van der Waals surface area contributed by atoms with Crippen LogP contribution in [-0.2, 0) is 6.54 Å². The quantitative estimate of drug-likeness (QED) is 0.824. The van der Waals surface area contributed by atoms with Crippen LogP contribution in [0.25, 0.3) is 0 Å². The van der Waals surface area contributed by atoms with E-state index in [1.165, 1.54) is 12.1 Å². The van der Waals surface area contributed by atoms with Gasteiger partial charge in [-0.2, -0.15) is 5.26 Å². The molecule has 0 aromatic heterocycles. The second kappa shape index (κ2) is 7.54. The van der Waals surface area contributed by atoms with Gasteiger partial charge in [-0.25, -0.2) is 4.39 Å². The minimum Gasteiger partial charge on any atom is -0.497 e. The number of likely N-dealkylation sites (tertiary alicyclic amines) is 1. The highest BCUT2D eigenvalue weighted by atomic mass is 19.1. The molecule has 0 radical (unpaired) electrons. The highest BCUT2D eigenvalue weighted by Gasteiger charge is 2.29. The molecule has 0 spiro atoms. The first-order valence-electron chi connectivity index (χ1n) is 8.30. The number of rotatable bonds is 5. The zero-order valence-corrected chi connectivity index (χ0v) is 14.5. The zero-order valence-electron chi connectivity index (χ0n) is 14.5. The molecule has 2 aromatic rings. The van der Waals surface area contributed by atoms with Crippen LogP contribution >= 0.6 is 0 Å². The number of nitriles is 1. The Morgan fingerprint density at radius 2 is 2.04 bits per heavy atom. The summed E-state index contributed by atoms with van der Waals surface area (Å²) in [7, 11) is 3.29. The molecule has 1 aliphatic rings. The van der Waals surface area contributed by atoms with Gasteiger partial charge in [-0.05, 0) is 55.8 Å². The SMILES string of the molecule is COc1ccc(OC)c([C@@H]2CCCN2Cc2cc(C#N)ccc2F)c1. The highest BCUT2D eigenvalue weighted by Crippen LogP contribution is 2.39. The maximum Gasteiger partial charge on any atom is 0.127 e. The molecule has 0 saturated carbocycles. The zero-order chi connectivity index (χ0) is 17.8. The van der Waals surface area contributed by atoms with Crippen LogP contribution in [0, 0.1) is 17.1 Å². The van der Waals surface area contributed by atoms with Crippen LogP contribution in [-0.4, -0.2) is 25.7 Å². The second-order valence-electron chi connectivity index (χ2n) is 6.15. The normalized spacial score (nSPS) is 17.3. The summed E-state index contributed by atoms with van der Waals surface area (Å²) in [6.07, 6.45) is 2.01. The molecule has 1 fully saturated rings. The molecule has 3 rings (SSSR count). The van der Waals surface area contributed by atoms with Crippen LogP contribution < -0.4 is 9.47 Å². The fourth-order valence-corrected chi connectivity index (χ4v) is 3.45. The average molecular weight is 340 g/mol. The van der Waals surface area contributed by atoms with Crippen molar-refractivity contribution in [2.24, 2.45) is 0 Å². The van der Waals surface area contributed by atoms with Crippen molar-refractivity contribution in [2.75, 3.05) is 20.8 Å². The van der Waals surface area contributed by atoms with Crippen molar-refractivity contribution in [3.05, 3.63) is 58.9 Å².